The van der Waals surface area contributed by atoms with Gasteiger partial charge in [0.1, 0.15) is 5.82 Å². The van der Waals surface area contributed by atoms with Crippen molar-refractivity contribution in [1.82, 2.24) is 19.8 Å². The van der Waals surface area contributed by atoms with Gasteiger partial charge in [0.05, 0.1) is 0 Å². The SMILES string of the molecule is Cn1ccnc1CCN1CCNC(Cc2ccccc2)C1. The summed E-state index contributed by atoms with van der Waals surface area (Å²) in [5.74, 6) is 1.17. The molecule has 0 aliphatic carbocycles. The average Bonchev–Trinajstić information content (AvgIpc) is 2.92. The van der Waals surface area contributed by atoms with E-state index in [0.717, 1.165) is 39.0 Å². The van der Waals surface area contributed by atoms with Crippen LogP contribution in [0.5, 0.6) is 0 Å². The molecule has 1 saturated heterocycles. The monoisotopic (exact) mass is 284 g/mol. The minimum absolute atomic E-state index is 0.558. The molecule has 112 valence electrons. The molecule has 4 heteroatoms. The van der Waals surface area contributed by atoms with Crippen LogP contribution in [0.2, 0.25) is 0 Å². The van der Waals surface area contributed by atoms with Crippen molar-refractivity contribution in [2.45, 2.75) is 18.9 Å². The van der Waals surface area contributed by atoms with Gasteiger partial charge in [0.15, 0.2) is 0 Å². The van der Waals surface area contributed by atoms with Gasteiger partial charge in [-0.3, -0.25) is 0 Å². The highest BCUT2D eigenvalue weighted by Gasteiger charge is 2.19. The summed E-state index contributed by atoms with van der Waals surface area (Å²) in [6.07, 6.45) is 6.04. The minimum Gasteiger partial charge on any atom is -0.338 e. The van der Waals surface area contributed by atoms with Crippen molar-refractivity contribution < 1.29 is 0 Å². The van der Waals surface area contributed by atoms with Crippen molar-refractivity contribution >= 4 is 0 Å². The summed E-state index contributed by atoms with van der Waals surface area (Å²) >= 11 is 0. The van der Waals surface area contributed by atoms with Gasteiger partial charge >= 0.3 is 0 Å². The maximum absolute atomic E-state index is 4.41. The Morgan fingerprint density at radius 2 is 2.14 bits per heavy atom. The molecule has 0 saturated carbocycles. The molecule has 1 aromatic heterocycles. The Hall–Kier alpha value is -1.65. The molecular formula is C17H24N4. The zero-order valence-corrected chi connectivity index (χ0v) is 12.7. The van der Waals surface area contributed by atoms with Crippen molar-refractivity contribution in [2.24, 2.45) is 7.05 Å². The number of aromatic nitrogens is 2. The van der Waals surface area contributed by atoms with E-state index in [1.807, 2.05) is 12.4 Å². The first kappa shape index (κ1) is 14.3. The van der Waals surface area contributed by atoms with Gasteiger partial charge in [-0.15, -0.1) is 0 Å². The van der Waals surface area contributed by atoms with Crippen LogP contribution in [0.1, 0.15) is 11.4 Å². The van der Waals surface area contributed by atoms with Crippen LogP contribution in [0.3, 0.4) is 0 Å². The van der Waals surface area contributed by atoms with Crippen LogP contribution in [0.25, 0.3) is 0 Å². The number of hydrogen-bond donors (Lipinski definition) is 1. The molecule has 0 radical (unpaired) electrons. The quantitative estimate of drug-likeness (QED) is 0.903. The van der Waals surface area contributed by atoms with Crippen LogP contribution in [0.4, 0.5) is 0 Å². The fraction of sp³-hybridized carbons (Fsp3) is 0.471. The highest BCUT2D eigenvalue weighted by Crippen LogP contribution is 2.08. The molecule has 0 bridgehead atoms. The van der Waals surface area contributed by atoms with Crippen molar-refractivity contribution in [2.75, 3.05) is 26.2 Å². The summed E-state index contributed by atoms with van der Waals surface area (Å²) in [4.78, 5) is 6.96. The van der Waals surface area contributed by atoms with E-state index in [1.165, 1.54) is 11.4 Å². The van der Waals surface area contributed by atoms with E-state index in [0.29, 0.717) is 6.04 Å². The van der Waals surface area contributed by atoms with Gasteiger partial charge in [-0.2, -0.15) is 0 Å². The first-order valence-electron chi connectivity index (χ1n) is 7.77. The van der Waals surface area contributed by atoms with Crippen LogP contribution in [0.15, 0.2) is 42.7 Å². The Morgan fingerprint density at radius 1 is 1.29 bits per heavy atom. The number of nitrogens with zero attached hydrogens (tertiary/aromatic N) is 3. The zero-order valence-electron chi connectivity index (χ0n) is 12.7. The van der Waals surface area contributed by atoms with E-state index in [1.54, 1.807) is 0 Å². The van der Waals surface area contributed by atoms with E-state index in [4.69, 9.17) is 0 Å². The molecule has 0 spiro atoms. The molecular weight excluding hydrogens is 260 g/mol. The number of hydrogen-bond acceptors (Lipinski definition) is 3. The molecule has 0 amide bonds. The maximum atomic E-state index is 4.41. The largest absolute Gasteiger partial charge is 0.338 e. The van der Waals surface area contributed by atoms with Gasteiger partial charge in [0, 0.05) is 58.1 Å². The van der Waals surface area contributed by atoms with Gasteiger partial charge < -0.3 is 14.8 Å². The highest BCUT2D eigenvalue weighted by molar-refractivity contribution is 5.16. The molecule has 1 N–H and O–H groups in total. The fourth-order valence-electron chi connectivity index (χ4n) is 3.03. The number of benzene rings is 1. The van der Waals surface area contributed by atoms with Crippen LogP contribution in [-0.2, 0) is 19.9 Å². The van der Waals surface area contributed by atoms with Crippen molar-refractivity contribution in [1.29, 1.82) is 0 Å². The highest BCUT2D eigenvalue weighted by atomic mass is 15.2. The molecule has 21 heavy (non-hydrogen) atoms. The third kappa shape index (κ3) is 3.93. The number of piperazine rings is 1. The van der Waals surface area contributed by atoms with Gasteiger partial charge in [0.2, 0.25) is 0 Å². The fourth-order valence-corrected chi connectivity index (χ4v) is 3.03. The number of imidazole rings is 1. The molecule has 1 aliphatic heterocycles. The normalized spacial score (nSPS) is 19.8. The predicted molar refractivity (Wildman–Crippen MR) is 85.3 cm³/mol. The second-order valence-corrected chi connectivity index (χ2v) is 5.85. The molecule has 1 unspecified atom stereocenters. The molecule has 3 rings (SSSR count). The van der Waals surface area contributed by atoms with E-state index in [9.17, 15) is 0 Å². The lowest BCUT2D eigenvalue weighted by Gasteiger charge is -2.33. The first-order valence-corrected chi connectivity index (χ1v) is 7.77. The Bertz CT molecular complexity index is 549. The van der Waals surface area contributed by atoms with E-state index in [-0.39, 0.29) is 0 Å². The Morgan fingerprint density at radius 3 is 2.90 bits per heavy atom. The van der Waals surface area contributed by atoms with Crippen molar-refractivity contribution in [3.05, 3.63) is 54.1 Å². The topological polar surface area (TPSA) is 33.1 Å². The Balaban J connectivity index is 1.50. The zero-order chi connectivity index (χ0) is 14.5. The summed E-state index contributed by atoms with van der Waals surface area (Å²) in [5, 5.41) is 3.64. The third-order valence-electron chi connectivity index (χ3n) is 4.24. The van der Waals surface area contributed by atoms with Gasteiger partial charge in [0.25, 0.3) is 0 Å². The molecule has 1 aliphatic rings. The van der Waals surface area contributed by atoms with E-state index < -0.39 is 0 Å². The lowest BCUT2D eigenvalue weighted by molar-refractivity contribution is 0.200. The standard InChI is InChI=1S/C17H24N4/c1-20-11-8-19-17(20)7-10-21-12-9-18-16(14-21)13-15-5-3-2-4-6-15/h2-6,8,11,16,18H,7,9-10,12-14H2,1H3. The first-order chi connectivity index (χ1) is 10.3. The molecule has 4 nitrogen and oxygen atoms in total. The smallest absolute Gasteiger partial charge is 0.109 e. The summed E-state index contributed by atoms with van der Waals surface area (Å²) in [7, 11) is 2.07. The number of nitrogens with one attached hydrogen (secondary N) is 1. The number of rotatable bonds is 5. The average molecular weight is 284 g/mol. The van der Waals surface area contributed by atoms with Crippen molar-refractivity contribution in [3.63, 3.8) is 0 Å². The Kier molecular flexibility index (Phi) is 4.68. The van der Waals surface area contributed by atoms with Gasteiger partial charge in [-0.05, 0) is 12.0 Å². The second-order valence-electron chi connectivity index (χ2n) is 5.85. The Labute approximate surface area is 126 Å². The third-order valence-corrected chi connectivity index (χ3v) is 4.24. The molecule has 1 aromatic carbocycles. The van der Waals surface area contributed by atoms with Gasteiger partial charge in [-0.1, -0.05) is 30.3 Å². The van der Waals surface area contributed by atoms with Crippen LogP contribution in [-0.4, -0.2) is 46.7 Å². The molecule has 2 heterocycles. The predicted octanol–water partition coefficient (Wildman–Crippen LogP) is 1.48. The molecule has 1 atom stereocenters. The summed E-state index contributed by atoms with van der Waals surface area (Å²) in [6.45, 7) is 4.44. The summed E-state index contributed by atoms with van der Waals surface area (Å²) in [5.41, 5.74) is 1.42. The van der Waals surface area contributed by atoms with Crippen LogP contribution in [0, 0.1) is 0 Å². The lowest BCUT2D eigenvalue weighted by atomic mass is 10.0. The molecule has 2 aromatic rings. The second kappa shape index (κ2) is 6.87. The maximum Gasteiger partial charge on any atom is 0.109 e. The minimum atomic E-state index is 0.558. The van der Waals surface area contributed by atoms with Gasteiger partial charge in [-0.25, -0.2) is 4.98 Å². The van der Waals surface area contributed by atoms with E-state index in [2.05, 4.69) is 57.1 Å². The lowest BCUT2D eigenvalue weighted by Crippen LogP contribution is -2.52. The molecule has 1 fully saturated rings. The van der Waals surface area contributed by atoms with E-state index >= 15 is 0 Å². The number of aryl methyl sites for hydroxylation is 1. The van der Waals surface area contributed by atoms with Crippen LogP contribution >= 0.6 is 0 Å². The summed E-state index contributed by atoms with van der Waals surface area (Å²) < 4.78 is 2.11. The summed E-state index contributed by atoms with van der Waals surface area (Å²) in [6, 6.07) is 11.3. The van der Waals surface area contributed by atoms with Crippen molar-refractivity contribution in [3.8, 4) is 0 Å². The van der Waals surface area contributed by atoms with Crippen LogP contribution < -0.4 is 5.32 Å².